The molecule has 196 valence electrons. The van der Waals surface area contributed by atoms with Gasteiger partial charge in [0.1, 0.15) is 0 Å². The maximum absolute atomic E-state index is 13.3. The van der Waals surface area contributed by atoms with Crippen LogP contribution in [-0.2, 0) is 14.8 Å². The number of hydrogen-bond donors (Lipinski definition) is 1. The molecule has 1 aliphatic heterocycles. The molecule has 0 spiro atoms. The van der Waals surface area contributed by atoms with Gasteiger partial charge in [0, 0.05) is 24.8 Å². The number of thioether (sulfide) groups is 1. The summed E-state index contributed by atoms with van der Waals surface area (Å²) in [6, 6.07) is 12.4. The van der Waals surface area contributed by atoms with Gasteiger partial charge in [-0.25, -0.2) is 13.4 Å². The van der Waals surface area contributed by atoms with Crippen LogP contribution in [0.5, 0.6) is 0 Å². The van der Waals surface area contributed by atoms with Crippen LogP contribution in [0, 0.1) is 6.92 Å². The number of nitrogens with one attached hydrogen (secondary N) is 1. The summed E-state index contributed by atoms with van der Waals surface area (Å²) in [6.45, 7) is 2.82. The Hall–Kier alpha value is -2.69. The number of anilines is 1. The van der Waals surface area contributed by atoms with Crippen LogP contribution in [0.4, 0.5) is 5.69 Å². The molecule has 10 heteroatoms. The minimum Gasteiger partial charge on any atom is -0.325 e. The first-order valence-corrected chi connectivity index (χ1v) is 15.3. The number of nitrogens with zero attached hydrogens (tertiary/aromatic N) is 3. The molecule has 2 aliphatic rings. The van der Waals surface area contributed by atoms with Gasteiger partial charge in [-0.15, -0.1) is 0 Å². The molecule has 0 atom stereocenters. The Bertz CT molecular complexity index is 1470. The van der Waals surface area contributed by atoms with E-state index in [-0.39, 0.29) is 28.2 Å². The summed E-state index contributed by atoms with van der Waals surface area (Å²) >= 11 is 1.24. The summed E-state index contributed by atoms with van der Waals surface area (Å²) in [5.74, 6) is -0.227. The molecular formula is C27H32N4O4S2. The lowest BCUT2D eigenvalue weighted by molar-refractivity contribution is -0.113. The van der Waals surface area contributed by atoms with Gasteiger partial charge in [-0.3, -0.25) is 14.2 Å². The average Bonchev–Trinajstić information content (AvgIpc) is 3.43. The first-order valence-electron chi connectivity index (χ1n) is 12.9. The zero-order chi connectivity index (χ0) is 26.0. The number of piperidine rings is 1. The fraction of sp³-hybridized carbons (Fsp3) is 0.444. The van der Waals surface area contributed by atoms with Crippen LogP contribution < -0.4 is 10.9 Å². The fourth-order valence-corrected chi connectivity index (χ4v) is 7.87. The lowest BCUT2D eigenvalue weighted by Crippen LogP contribution is -2.36. The first kappa shape index (κ1) is 25.9. The molecule has 1 saturated carbocycles. The Labute approximate surface area is 221 Å². The van der Waals surface area contributed by atoms with E-state index >= 15 is 0 Å². The largest absolute Gasteiger partial charge is 0.325 e. The molecule has 1 amide bonds. The molecule has 0 unspecified atom stereocenters. The quantitative estimate of drug-likeness (QED) is 0.344. The minimum atomic E-state index is -3.62. The Kier molecular flexibility index (Phi) is 7.69. The molecule has 1 aliphatic carbocycles. The van der Waals surface area contributed by atoms with Crippen molar-refractivity contribution >= 4 is 44.3 Å². The molecule has 5 rings (SSSR count). The van der Waals surface area contributed by atoms with Gasteiger partial charge in [0.25, 0.3) is 5.56 Å². The summed E-state index contributed by atoms with van der Waals surface area (Å²) in [5.41, 5.74) is 1.65. The van der Waals surface area contributed by atoms with Gasteiger partial charge in [-0.1, -0.05) is 49.2 Å². The van der Waals surface area contributed by atoms with Crippen molar-refractivity contribution in [3.8, 4) is 0 Å². The van der Waals surface area contributed by atoms with E-state index in [0.717, 1.165) is 44.9 Å². The van der Waals surface area contributed by atoms with Crippen molar-refractivity contribution < 1.29 is 13.2 Å². The van der Waals surface area contributed by atoms with E-state index in [4.69, 9.17) is 4.98 Å². The van der Waals surface area contributed by atoms with Crippen LogP contribution in [0.1, 0.15) is 56.6 Å². The number of fused-ring (bicyclic) bond motifs is 1. The zero-order valence-electron chi connectivity index (χ0n) is 21.0. The predicted octanol–water partition coefficient (Wildman–Crippen LogP) is 4.73. The number of carbonyl (C=O) groups is 1. The minimum absolute atomic E-state index is 0.0551. The Morgan fingerprint density at radius 1 is 1.05 bits per heavy atom. The molecule has 0 radical (unpaired) electrons. The van der Waals surface area contributed by atoms with Crippen molar-refractivity contribution in [2.24, 2.45) is 0 Å². The third kappa shape index (κ3) is 5.46. The Balaban J connectivity index is 1.34. The highest BCUT2D eigenvalue weighted by molar-refractivity contribution is 7.99. The van der Waals surface area contributed by atoms with E-state index in [1.165, 1.54) is 16.1 Å². The highest BCUT2D eigenvalue weighted by atomic mass is 32.2. The van der Waals surface area contributed by atoms with Crippen molar-refractivity contribution in [2.45, 2.75) is 68.0 Å². The zero-order valence-corrected chi connectivity index (χ0v) is 22.6. The second-order valence-electron chi connectivity index (χ2n) is 9.81. The number of aromatic nitrogens is 2. The van der Waals surface area contributed by atoms with Crippen LogP contribution in [0.15, 0.2) is 57.3 Å². The van der Waals surface area contributed by atoms with E-state index in [2.05, 4.69) is 5.32 Å². The van der Waals surface area contributed by atoms with Crippen LogP contribution in [0.3, 0.4) is 0 Å². The highest BCUT2D eigenvalue weighted by Crippen LogP contribution is 2.32. The van der Waals surface area contributed by atoms with Gasteiger partial charge in [-0.2, -0.15) is 4.31 Å². The van der Waals surface area contributed by atoms with Crippen molar-refractivity contribution in [3.63, 3.8) is 0 Å². The number of amides is 1. The van der Waals surface area contributed by atoms with Gasteiger partial charge < -0.3 is 5.32 Å². The number of benzene rings is 2. The first-order chi connectivity index (χ1) is 17.8. The number of hydrogen-bond acceptors (Lipinski definition) is 6. The number of para-hydroxylation sites is 1. The summed E-state index contributed by atoms with van der Waals surface area (Å²) in [4.78, 5) is 31.2. The third-order valence-corrected chi connectivity index (χ3v) is 10.2. The fourth-order valence-electron chi connectivity index (χ4n) is 5.24. The number of aryl methyl sites for hydroxylation is 1. The van der Waals surface area contributed by atoms with E-state index in [9.17, 15) is 18.0 Å². The molecule has 3 aromatic rings. The molecule has 2 aromatic carbocycles. The average molecular weight is 541 g/mol. The molecule has 37 heavy (non-hydrogen) atoms. The van der Waals surface area contributed by atoms with Gasteiger partial charge in [0.05, 0.1) is 21.6 Å². The van der Waals surface area contributed by atoms with Crippen LogP contribution in [-0.4, -0.2) is 47.0 Å². The van der Waals surface area contributed by atoms with Gasteiger partial charge >= 0.3 is 0 Å². The standard InChI is InChI=1S/C27H32N4O4S2/c1-19-13-14-20(17-24(19)37(34,35)30-15-7-2-8-16-30)28-25(32)18-36-27-29-23-12-6-5-11-22(23)26(33)31(27)21-9-3-4-10-21/h5-6,11-14,17,21H,2-4,7-10,15-16,18H2,1H3,(H,28,32). The van der Waals surface area contributed by atoms with Crippen molar-refractivity contribution in [2.75, 3.05) is 24.2 Å². The summed E-state index contributed by atoms with van der Waals surface area (Å²) in [7, 11) is -3.62. The summed E-state index contributed by atoms with van der Waals surface area (Å²) in [5, 5.41) is 3.97. The molecule has 2 fully saturated rings. The van der Waals surface area contributed by atoms with Crippen LogP contribution in [0.25, 0.3) is 10.9 Å². The Morgan fingerprint density at radius 2 is 1.78 bits per heavy atom. The molecular weight excluding hydrogens is 508 g/mol. The van der Waals surface area contributed by atoms with Gasteiger partial charge in [0.2, 0.25) is 15.9 Å². The van der Waals surface area contributed by atoms with Crippen molar-refractivity contribution in [1.29, 1.82) is 0 Å². The maximum atomic E-state index is 13.3. The van der Waals surface area contributed by atoms with Gasteiger partial charge in [0.15, 0.2) is 5.16 Å². The lowest BCUT2D eigenvalue weighted by atomic mass is 10.2. The molecule has 2 heterocycles. The summed E-state index contributed by atoms with van der Waals surface area (Å²) in [6.07, 6.45) is 6.77. The number of carbonyl (C=O) groups excluding carboxylic acids is 1. The number of rotatable bonds is 7. The van der Waals surface area contributed by atoms with Crippen LogP contribution >= 0.6 is 11.8 Å². The normalized spacial score (nSPS) is 17.3. The summed E-state index contributed by atoms with van der Waals surface area (Å²) < 4.78 is 29.8. The van der Waals surface area contributed by atoms with Crippen molar-refractivity contribution in [3.05, 3.63) is 58.4 Å². The smallest absolute Gasteiger partial charge is 0.262 e. The second-order valence-corrected chi connectivity index (χ2v) is 12.7. The molecule has 1 saturated heterocycles. The molecule has 0 bridgehead atoms. The Morgan fingerprint density at radius 3 is 2.54 bits per heavy atom. The molecule has 8 nitrogen and oxygen atoms in total. The maximum Gasteiger partial charge on any atom is 0.262 e. The topological polar surface area (TPSA) is 101 Å². The van der Waals surface area contributed by atoms with E-state index in [1.807, 2.05) is 18.2 Å². The van der Waals surface area contributed by atoms with E-state index in [1.54, 1.807) is 35.8 Å². The second kappa shape index (κ2) is 11.0. The SMILES string of the molecule is Cc1ccc(NC(=O)CSc2nc3ccccc3c(=O)n2C2CCCC2)cc1S(=O)(=O)N1CCCCC1. The van der Waals surface area contributed by atoms with Crippen LogP contribution in [0.2, 0.25) is 0 Å². The highest BCUT2D eigenvalue weighted by Gasteiger charge is 2.28. The predicted molar refractivity (Wildman–Crippen MR) is 147 cm³/mol. The number of sulfonamides is 1. The monoisotopic (exact) mass is 540 g/mol. The van der Waals surface area contributed by atoms with Crippen molar-refractivity contribution in [1.82, 2.24) is 13.9 Å². The van der Waals surface area contributed by atoms with E-state index in [0.29, 0.717) is 40.4 Å². The third-order valence-electron chi connectivity index (χ3n) is 7.20. The molecule has 1 aromatic heterocycles. The van der Waals surface area contributed by atoms with Gasteiger partial charge in [-0.05, 0) is 62.4 Å². The molecule has 1 N–H and O–H groups in total. The lowest BCUT2D eigenvalue weighted by Gasteiger charge is -2.26. The van der Waals surface area contributed by atoms with E-state index < -0.39 is 10.0 Å².